The summed E-state index contributed by atoms with van der Waals surface area (Å²) < 4.78 is 2.33. The first-order valence-electron chi connectivity index (χ1n) is 6.43. The number of hydrogen-bond acceptors (Lipinski definition) is 2. The lowest BCUT2D eigenvalue weighted by Crippen LogP contribution is -2.14. The number of rotatable bonds is 4. The van der Waals surface area contributed by atoms with Gasteiger partial charge in [0.15, 0.2) is 0 Å². The SMILES string of the molecule is CCn1cc(CCN(C)C)c2ccccc21.O=CO. The van der Waals surface area contributed by atoms with Crippen molar-refractivity contribution in [3.63, 3.8) is 0 Å². The van der Waals surface area contributed by atoms with Gasteiger partial charge in [-0.15, -0.1) is 0 Å². The van der Waals surface area contributed by atoms with E-state index in [9.17, 15) is 0 Å². The molecule has 0 aliphatic heterocycles. The fourth-order valence-corrected chi connectivity index (χ4v) is 2.13. The van der Waals surface area contributed by atoms with Crippen molar-refractivity contribution in [2.24, 2.45) is 0 Å². The van der Waals surface area contributed by atoms with Crippen molar-refractivity contribution in [3.05, 3.63) is 36.0 Å². The average Bonchev–Trinajstić information content (AvgIpc) is 2.75. The predicted molar refractivity (Wildman–Crippen MR) is 78.6 cm³/mol. The van der Waals surface area contributed by atoms with E-state index in [4.69, 9.17) is 9.90 Å². The number of carboxylic acid groups (broad SMARTS) is 1. The van der Waals surface area contributed by atoms with Crippen LogP contribution in [0, 0.1) is 0 Å². The molecule has 1 N–H and O–H groups in total. The standard InChI is InChI=1S/C14H20N2.CH2O2/c1-4-16-11-12(9-10-15(2)3)13-7-5-6-8-14(13)16;2-1-3/h5-8,11H,4,9-10H2,1-3H3;1H,(H,2,3). The van der Waals surface area contributed by atoms with Gasteiger partial charge in [-0.1, -0.05) is 18.2 Å². The Labute approximate surface area is 114 Å². The summed E-state index contributed by atoms with van der Waals surface area (Å²) in [5.41, 5.74) is 2.82. The summed E-state index contributed by atoms with van der Waals surface area (Å²) in [6.45, 7) is 4.10. The summed E-state index contributed by atoms with van der Waals surface area (Å²) in [4.78, 5) is 10.6. The topological polar surface area (TPSA) is 45.5 Å². The molecule has 19 heavy (non-hydrogen) atoms. The fourth-order valence-electron chi connectivity index (χ4n) is 2.13. The number of carbonyl (C=O) groups is 1. The van der Waals surface area contributed by atoms with Crippen molar-refractivity contribution < 1.29 is 9.90 Å². The molecule has 1 aromatic heterocycles. The molecule has 1 heterocycles. The molecule has 0 atom stereocenters. The maximum Gasteiger partial charge on any atom is 0.290 e. The molecule has 2 aromatic rings. The van der Waals surface area contributed by atoms with Crippen LogP contribution in [0.5, 0.6) is 0 Å². The van der Waals surface area contributed by atoms with Crippen molar-refractivity contribution >= 4 is 17.4 Å². The molecule has 0 amide bonds. The highest BCUT2D eigenvalue weighted by Crippen LogP contribution is 2.21. The molecule has 0 aliphatic rings. The van der Waals surface area contributed by atoms with Crippen LogP contribution in [-0.4, -0.2) is 41.7 Å². The smallest absolute Gasteiger partial charge is 0.290 e. The molecule has 0 saturated heterocycles. The van der Waals surface area contributed by atoms with Crippen LogP contribution in [0.3, 0.4) is 0 Å². The van der Waals surface area contributed by atoms with Crippen LogP contribution in [-0.2, 0) is 17.8 Å². The molecule has 0 bridgehead atoms. The first kappa shape index (κ1) is 15.2. The first-order chi connectivity index (χ1) is 9.13. The highest BCUT2D eigenvalue weighted by molar-refractivity contribution is 5.83. The van der Waals surface area contributed by atoms with Crippen LogP contribution in [0.15, 0.2) is 30.5 Å². The highest BCUT2D eigenvalue weighted by Gasteiger charge is 2.06. The van der Waals surface area contributed by atoms with E-state index < -0.39 is 0 Å². The van der Waals surface area contributed by atoms with E-state index in [1.54, 1.807) is 0 Å². The molecule has 0 unspecified atom stereocenters. The van der Waals surface area contributed by atoms with E-state index in [-0.39, 0.29) is 6.47 Å². The second-order valence-corrected chi connectivity index (χ2v) is 4.62. The molecule has 2 rings (SSSR count). The lowest BCUT2D eigenvalue weighted by molar-refractivity contribution is -0.122. The lowest BCUT2D eigenvalue weighted by Gasteiger charge is -2.07. The van der Waals surface area contributed by atoms with Gasteiger partial charge in [0.2, 0.25) is 0 Å². The molecular formula is C15H22N2O2. The van der Waals surface area contributed by atoms with Gasteiger partial charge < -0.3 is 14.6 Å². The van der Waals surface area contributed by atoms with Crippen molar-refractivity contribution in [2.45, 2.75) is 19.9 Å². The van der Waals surface area contributed by atoms with Gasteiger partial charge in [0.05, 0.1) is 0 Å². The number of hydrogen-bond donors (Lipinski definition) is 1. The minimum atomic E-state index is -0.250. The van der Waals surface area contributed by atoms with Crippen molar-refractivity contribution in [3.8, 4) is 0 Å². The van der Waals surface area contributed by atoms with Crippen LogP contribution >= 0.6 is 0 Å². The molecule has 4 nitrogen and oxygen atoms in total. The quantitative estimate of drug-likeness (QED) is 0.861. The zero-order valence-electron chi connectivity index (χ0n) is 11.8. The number of fused-ring (bicyclic) bond motifs is 1. The molecular weight excluding hydrogens is 240 g/mol. The molecule has 0 fully saturated rings. The fraction of sp³-hybridized carbons (Fsp3) is 0.400. The van der Waals surface area contributed by atoms with Crippen molar-refractivity contribution in [2.75, 3.05) is 20.6 Å². The third kappa shape index (κ3) is 4.10. The third-order valence-electron chi connectivity index (χ3n) is 3.04. The summed E-state index contributed by atoms with van der Waals surface area (Å²) in [7, 11) is 4.25. The number of likely N-dealkylation sites (N-methyl/N-ethyl adjacent to an activating group) is 1. The number of aryl methyl sites for hydroxylation is 1. The normalized spacial score (nSPS) is 10.3. The van der Waals surface area contributed by atoms with E-state index in [0.29, 0.717) is 0 Å². The van der Waals surface area contributed by atoms with E-state index in [1.807, 2.05) is 0 Å². The minimum absolute atomic E-state index is 0.250. The summed E-state index contributed by atoms with van der Waals surface area (Å²) in [6.07, 6.45) is 3.43. The molecule has 4 heteroatoms. The van der Waals surface area contributed by atoms with Crippen LogP contribution in [0.2, 0.25) is 0 Å². The Hall–Kier alpha value is -1.81. The molecule has 1 aromatic carbocycles. The maximum absolute atomic E-state index is 8.36. The van der Waals surface area contributed by atoms with Crippen LogP contribution < -0.4 is 0 Å². The number of para-hydroxylation sites is 1. The number of aromatic nitrogens is 1. The van der Waals surface area contributed by atoms with E-state index in [0.717, 1.165) is 19.5 Å². The molecule has 104 valence electrons. The molecule has 0 spiro atoms. The van der Waals surface area contributed by atoms with Gasteiger partial charge >= 0.3 is 0 Å². The number of benzene rings is 1. The third-order valence-corrected chi connectivity index (χ3v) is 3.04. The highest BCUT2D eigenvalue weighted by atomic mass is 16.3. The summed E-state index contributed by atoms with van der Waals surface area (Å²) in [5, 5.41) is 8.30. The Morgan fingerprint density at radius 3 is 2.53 bits per heavy atom. The summed E-state index contributed by atoms with van der Waals surface area (Å²) in [5.74, 6) is 0. The van der Waals surface area contributed by atoms with Crippen molar-refractivity contribution in [1.82, 2.24) is 9.47 Å². The second kappa shape index (κ2) is 7.59. The molecule has 0 aliphatic carbocycles. The van der Waals surface area contributed by atoms with Crippen molar-refractivity contribution in [1.29, 1.82) is 0 Å². The largest absolute Gasteiger partial charge is 0.483 e. The van der Waals surface area contributed by atoms with Gasteiger partial charge in [0.25, 0.3) is 6.47 Å². The monoisotopic (exact) mass is 262 g/mol. The van der Waals surface area contributed by atoms with Crippen LogP contribution in [0.25, 0.3) is 10.9 Å². The van der Waals surface area contributed by atoms with Gasteiger partial charge in [-0.2, -0.15) is 0 Å². The van der Waals surface area contributed by atoms with Crippen LogP contribution in [0.1, 0.15) is 12.5 Å². The lowest BCUT2D eigenvalue weighted by atomic mass is 10.1. The van der Waals surface area contributed by atoms with E-state index in [1.165, 1.54) is 16.5 Å². The zero-order chi connectivity index (χ0) is 14.3. The van der Waals surface area contributed by atoms with Gasteiger partial charge in [0.1, 0.15) is 0 Å². The van der Waals surface area contributed by atoms with Crippen LogP contribution in [0.4, 0.5) is 0 Å². The summed E-state index contributed by atoms with van der Waals surface area (Å²) >= 11 is 0. The second-order valence-electron chi connectivity index (χ2n) is 4.62. The predicted octanol–water partition coefficient (Wildman–Crippen LogP) is 2.47. The average molecular weight is 262 g/mol. The number of nitrogens with zero attached hydrogens (tertiary/aromatic N) is 2. The van der Waals surface area contributed by atoms with Gasteiger partial charge in [-0.3, -0.25) is 4.79 Å². The van der Waals surface area contributed by atoms with Gasteiger partial charge in [-0.25, -0.2) is 0 Å². The molecule has 0 saturated carbocycles. The first-order valence-corrected chi connectivity index (χ1v) is 6.43. The minimum Gasteiger partial charge on any atom is -0.483 e. The summed E-state index contributed by atoms with van der Waals surface area (Å²) in [6, 6.07) is 8.68. The Balaban J connectivity index is 0.000000550. The molecule has 0 radical (unpaired) electrons. The Morgan fingerprint density at radius 2 is 1.95 bits per heavy atom. The Kier molecular flexibility index (Phi) is 6.09. The van der Waals surface area contributed by atoms with E-state index in [2.05, 4.69) is 60.9 Å². The Morgan fingerprint density at radius 1 is 1.32 bits per heavy atom. The van der Waals surface area contributed by atoms with E-state index >= 15 is 0 Å². The Bertz CT molecular complexity index is 518. The maximum atomic E-state index is 8.36. The van der Waals surface area contributed by atoms with Gasteiger partial charge in [-0.05, 0) is 39.1 Å². The zero-order valence-corrected chi connectivity index (χ0v) is 11.8. The van der Waals surface area contributed by atoms with Gasteiger partial charge in [0, 0.05) is 30.2 Å².